The number of hydrogen-bond donors (Lipinski definition) is 1. The number of quaternary nitrogens is 1. The molecule has 2 atom stereocenters. The monoisotopic (exact) mass is 446 g/mol. The Morgan fingerprint density at radius 1 is 1.00 bits per heavy atom. The Kier molecular flexibility index (Phi) is 6.80. The molecule has 0 radical (unpaired) electrons. The molecular weight excluding hydrogens is 415 g/mol. The number of halogens is 1. The number of nitrogens with one attached hydrogen (secondary N) is 1. The number of benzene rings is 3. The van der Waals surface area contributed by atoms with Crippen molar-refractivity contribution in [2.24, 2.45) is 5.92 Å². The van der Waals surface area contributed by atoms with Gasteiger partial charge in [0.1, 0.15) is 11.6 Å². The molecule has 4 nitrogen and oxygen atoms in total. The third-order valence-corrected chi connectivity index (χ3v) is 7.03. The summed E-state index contributed by atoms with van der Waals surface area (Å²) in [6, 6.07) is 25.7. The highest BCUT2D eigenvalue weighted by molar-refractivity contribution is 5.87. The van der Waals surface area contributed by atoms with Gasteiger partial charge in [-0.05, 0) is 41.3 Å². The van der Waals surface area contributed by atoms with Crippen molar-refractivity contribution in [3.63, 3.8) is 0 Å². The maximum absolute atomic E-state index is 13.1. The molecule has 33 heavy (non-hydrogen) atoms. The third kappa shape index (κ3) is 4.79. The van der Waals surface area contributed by atoms with Gasteiger partial charge in [-0.3, -0.25) is 0 Å². The van der Waals surface area contributed by atoms with E-state index in [0.29, 0.717) is 12.4 Å². The molecule has 5 heteroatoms. The standard InChI is InChI=1S/C28H31FN2O2/c1-31(18-8-20-33-26-15-13-25(29)14-16-26)19-17-24(21-31)28(27(30)32,22-9-4-2-5-10-22)23-11-6-3-7-12-23/h2-7,9-16,24H,8,17-21H2,1H3,(H-,30,32). The summed E-state index contributed by atoms with van der Waals surface area (Å²) in [6.07, 6.45) is 1.74. The van der Waals surface area contributed by atoms with Gasteiger partial charge in [0.2, 0.25) is 0 Å². The fraction of sp³-hybridized carbons (Fsp3) is 0.321. The van der Waals surface area contributed by atoms with Crippen molar-refractivity contribution in [3.05, 3.63) is 102 Å². The molecule has 1 heterocycles. The Hall–Kier alpha value is -3.18. The van der Waals surface area contributed by atoms with Gasteiger partial charge < -0.3 is 19.7 Å². The molecule has 1 N–H and O–H groups in total. The van der Waals surface area contributed by atoms with Crippen molar-refractivity contribution < 1.29 is 18.7 Å². The molecule has 1 aliphatic heterocycles. The second kappa shape index (κ2) is 9.75. The maximum atomic E-state index is 13.1. The van der Waals surface area contributed by atoms with Crippen molar-refractivity contribution in [2.45, 2.75) is 18.3 Å². The van der Waals surface area contributed by atoms with E-state index in [1.54, 1.807) is 12.1 Å². The van der Waals surface area contributed by atoms with Crippen LogP contribution < -0.4 is 9.84 Å². The van der Waals surface area contributed by atoms with E-state index in [-0.39, 0.29) is 11.7 Å². The Labute approximate surface area is 195 Å². The van der Waals surface area contributed by atoms with Gasteiger partial charge in [-0.1, -0.05) is 60.7 Å². The van der Waals surface area contributed by atoms with Crippen molar-refractivity contribution >= 4 is 5.90 Å². The number of hydrogen-bond acceptors (Lipinski definition) is 3. The second-order valence-corrected chi connectivity index (χ2v) is 9.26. The zero-order chi connectivity index (χ0) is 23.3. The zero-order valence-electron chi connectivity index (χ0n) is 19.0. The Morgan fingerprint density at radius 3 is 2.12 bits per heavy atom. The van der Waals surface area contributed by atoms with Crippen LogP contribution in [0.3, 0.4) is 0 Å². The minimum atomic E-state index is -0.969. The van der Waals surface area contributed by atoms with Crippen LogP contribution in [0.4, 0.5) is 4.39 Å². The highest BCUT2D eigenvalue weighted by atomic mass is 19.1. The van der Waals surface area contributed by atoms with Crippen molar-refractivity contribution in [1.29, 1.82) is 5.41 Å². The first kappa shape index (κ1) is 23.0. The number of nitrogens with zero attached hydrogens (tertiary/aromatic N) is 1. The SMILES string of the molecule is C[N+]1(CCCOc2ccc(F)cc2)CCC(C(C(=N)[O-])(c2ccccc2)c2ccccc2)C1. The molecule has 0 aliphatic carbocycles. The normalized spacial score (nSPS) is 20.5. The summed E-state index contributed by atoms with van der Waals surface area (Å²) in [5, 5.41) is 21.6. The van der Waals surface area contributed by atoms with Crippen LogP contribution >= 0.6 is 0 Å². The van der Waals surface area contributed by atoms with Crippen LogP contribution in [0.2, 0.25) is 0 Å². The predicted molar refractivity (Wildman–Crippen MR) is 127 cm³/mol. The summed E-state index contributed by atoms with van der Waals surface area (Å²) in [7, 11) is 2.23. The molecule has 1 saturated heterocycles. The van der Waals surface area contributed by atoms with E-state index in [4.69, 9.17) is 10.1 Å². The van der Waals surface area contributed by atoms with Crippen LogP contribution in [0, 0.1) is 17.1 Å². The topological polar surface area (TPSA) is 56.1 Å². The lowest BCUT2D eigenvalue weighted by molar-refractivity contribution is -0.899. The maximum Gasteiger partial charge on any atom is 0.123 e. The van der Waals surface area contributed by atoms with E-state index >= 15 is 0 Å². The molecule has 1 aliphatic rings. The van der Waals surface area contributed by atoms with Gasteiger partial charge in [0.05, 0.1) is 38.7 Å². The van der Waals surface area contributed by atoms with Gasteiger partial charge in [0.15, 0.2) is 0 Å². The van der Waals surface area contributed by atoms with E-state index in [1.807, 2.05) is 60.7 Å². The van der Waals surface area contributed by atoms with E-state index in [0.717, 1.165) is 48.1 Å². The van der Waals surface area contributed by atoms with Gasteiger partial charge in [-0.15, -0.1) is 0 Å². The zero-order valence-corrected chi connectivity index (χ0v) is 19.0. The molecule has 0 aromatic heterocycles. The van der Waals surface area contributed by atoms with Crippen molar-refractivity contribution in [1.82, 2.24) is 0 Å². The van der Waals surface area contributed by atoms with Gasteiger partial charge in [0.25, 0.3) is 0 Å². The number of rotatable bonds is 9. The molecule has 1 fully saturated rings. The Morgan fingerprint density at radius 2 is 1.58 bits per heavy atom. The van der Waals surface area contributed by atoms with E-state index in [2.05, 4.69) is 7.05 Å². The van der Waals surface area contributed by atoms with Crippen LogP contribution in [0.25, 0.3) is 0 Å². The molecule has 0 amide bonds. The van der Waals surface area contributed by atoms with E-state index in [9.17, 15) is 9.50 Å². The fourth-order valence-corrected chi connectivity index (χ4v) is 5.39. The minimum Gasteiger partial charge on any atom is -0.861 e. The Bertz CT molecular complexity index is 1020. The van der Waals surface area contributed by atoms with Gasteiger partial charge in [-0.25, -0.2) is 4.39 Å². The summed E-state index contributed by atoms with van der Waals surface area (Å²) in [5.41, 5.74) is 0.826. The first-order valence-corrected chi connectivity index (χ1v) is 11.5. The number of likely N-dealkylation sites (tertiary alicyclic amines) is 1. The molecule has 3 aromatic carbocycles. The molecule has 3 aromatic rings. The van der Waals surface area contributed by atoms with Gasteiger partial charge >= 0.3 is 0 Å². The summed E-state index contributed by atoms with van der Waals surface area (Å²) < 4.78 is 19.7. The second-order valence-electron chi connectivity index (χ2n) is 9.26. The average molecular weight is 447 g/mol. The summed E-state index contributed by atoms with van der Waals surface area (Å²) >= 11 is 0. The summed E-state index contributed by atoms with van der Waals surface area (Å²) in [5.74, 6) is -0.105. The molecule has 0 bridgehead atoms. The highest BCUT2D eigenvalue weighted by Gasteiger charge is 2.49. The summed E-state index contributed by atoms with van der Waals surface area (Å²) in [4.78, 5) is 0. The number of ether oxygens (including phenoxy) is 1. The first-order chi connectivity index (χ1) is 15.9. The lowest BCUT2D eigenvalue weighted by Gasteiger charge is -2.43. The van der Waals surface area contributed by atoms with Crippen LogP contribution in [0.1, 0.15) is 24.0 Å². The fourth-order valence-electron chi connectivity index (χ4n) is 5.39. The third-order valence-electron chi connectivity index (χ3n) is 7.03. The van der Waals surface area contributed by atoms with Crippen molar-refractivity contribution in [3.8, 4) is 5.75 Å². The lowest BCUT2D eigenvalue weighted by Crippen LogP contribution is -2.52. The van der Waals surface area contributed by atoms with Crippen LogP contribution in [-0.2, 0) is 5.41 Å². The van der Waals surface area contributed by atoms with Crippen molar-refractivity contribution in [2.75, 3.05) is 33.3 Å². The molecule has 172 valence electrons. The largest absolute Gasteiger partial charge is 0.861 e. The first-order valence-electron chi connectivity index (χ1n) is 11.5. The highest BCUT2D eigenvalue weighted by Crippen LogP contribution is 2.45. The van der Waals surface area contributed by atoms with Gasteiger partial charge in [-0.2, -0.15) is 0 Å². The molecular formula is C28H31FN2O2. The Balaban J connectivity index is 1.51. The molecule has 0 saturated carbocycles. The van der Waals surface area contributed by atoms with E-state index in [1.165, 1.54) is 12.1 Å². The molecule has 0 spiro atoms. The van der Waals surface area contributed by atoms with Crippen LogP contribution in [0.15, 0.2) is 84.9 Å². The van der Waals surface area contributed by atoms with Crippen LogP contribution in [-0.4, -0.2) is 43.7 Å². The van der Waals surface area contributed by atoms with Crippen LogP contribution in [0.5, 0.6) is 5.75 Å². The predicted octanol–water partition coefficient (Wildman–Crippen LogP) is 4.38. The molecule has 4 rings (SSSR count). The molecule has 2 unspecified atom stereocenters. The smallest absolute Gasteiger partial charge is 0.123 e. The van der Waals surface area contributed by atoms with Gasteiger partial charge in [0, 0.05) is 18.8 Å². The van der Waals surface area contributed by atoms with E-state index < -0.39 is 11.3 Å². The average Bonchev–Trinajstić information content (AvgIpc) is 3.22. The quantitative estimate of drug-likeness (QED) is 0.229. The minimum absolute atomic E-state index is 0.0373. The summed E-state index contributed by atoms with van der Waals surface area (Å²) in [6.45, 7) is 3.26. The lowest BCUT2D eigenvalue weighted by atomic mass is 9.65.